The fraction of sp³-hybridized carbons (Fsp3) is 0.318. The van der Waals surface area contributed by atoms with Crippen molar-refractivity contribution in [3.05, 3.63) is 68.5 Å². The molecule has 0 saturated heterocycles. The number of hydrogen-bond acceptors (Lipinski definition) is 5. The molecule has 1 unspecified atom stereocenters. The molecule has 0 N–H and O–H groups in total. The van der Waals surface area contributed by atoms with Gasteiger partial charge >= 0.3 is 0 Å². The number of hydrogen-bond donors (Lipinski definition) is 0. The average molecular weight is 414 g/mol. The zero-order valence-corrected chi connectivity index (χ0v) is 17.4. The summed E-state index contributed by atoms with van der Waals surface area (Å²) in [5.41, 5.74) is 1.25. The molecule has 1 aromatic carbocycles. The Kier molecular flexibility index (Phi) is 5.98. The smallest absolute Gasteiger partial charge is 0.261 e. The molecule has 1 aliphatic heterocycles. The molecule has 3 heterocycles. The monoisotopic (exact) mass is 413 g/mol. The van der Waals surface area contributed by atoms with Crippen LogP contribution in [-0.2, 0) is 11.2 Å². The summed E-state index contributed by atoms with van der Waals surface area (Å²) in [4.78, 5) is 17.5. The van der Waals surface area contributed by atoms with Gasteiger partial charge < -0.3 is 14.4 Å². The van der Waals surface area contributed by atoms with E-state index in [1.165, 1.54) is 15.3 Å². The van der Waals surface area contributed by atoms with E-state index in [4.69, 9.17) is 9.47 Å². The molecule has 0 bridgehead atoms. The van der Waals surface area contributed by atoms with E-state index >= 15 is 0 Å². The molecular weight excluding hydrogens is 390 g/mol. The molecule has 1 atom stereocenters. The van der Waals surface area contributed by atoms with Crippen molar-refractivity contribution in [2.45, 2.75) is 25.8 Å². The third-order valence-corrected chi connectivity index (χ3v) is 6.68. The van der Waals surface area contributed by atoms with E-state index in [2.05, 4.69) is 29.8 Å². The van der Waals surface area contributed by atoms with Crippen molar-refractivity contribution in [3.63, 3.8) is 0 Å². The van der Waals surface area contributed by atoms with Gasteiger partial charge in [0.15, 0.2) is 6.61 Å². The number of amides is 1. The number of benzene rings is 1. The Morgan fingerprint density at radius 3 is 2.57 bits per heavy atom. The van der Waals surface area contributed by atoms with Crippen LogP contribution in [0.4, 0.5) is 0 Å². The van der Waals surface area contributed by atoms with Gasteiger partial charge in [0.05, 0.1) is 12.6 Å². The Bertz CT molecular complexity index is 902. The van der Waals surface area contributed by atoms with Gasteiger partial charge in [0.1, 0.15) is 11.5 Å². The second-order valence-electron chi connectivity index (χ2n) is 6.66. The molecule has 3 aromatic rings. The molecule has 1 aliphatic rings. The Morgan fingerprint density at radius 1 is 1.07 bits per heavy atom. The first-order valence-electron chi connectivity index (χ1n) is 9.51. The van der Waals surface area contributed by atoms with Crippen molar-refractivity contribution in [1.82, 2.24) is 4.90 Å². The van der Waals surface area contributed by atoms with Crippen LogP contribution in [0.5, 0.6) is 11.5 Å². The zero-order valence-electron chi connectivity index (χ0n) is 15.8. The topological polar surface area (TPSA) is 38.8 Å². The molecule has 146 valence electrons. The fourth-order valence-corrected chi connectivity index (χ4v) is 5.18. The SMILES string of the molecule is CCCOc1ccc(OCC(=O)N2CCc3sccc3C2c2cccs2)cc1. The Labute approximate surface area is 173 Å². The van der Waals surface area contributed by atoms with Crippen LogP contribution in [0, 0.1) is 0 Å². The normalized spacial score (nSPS) is 15.9. The van der Waals surface area contributed by atoms with Gasteiger partial charge in [-0.15, -0.1) is 22.7 Å². The Balaban J connectivity index is 1.44. The molecule has 1 amide bonds. The molecule has 0 fully saturated rings. The van der Waals surface area contributed by atoms with Crippen LogP contribution < -0.4 is 9.47 Å². The van der Waals surface area contributed by atoms with Crippen LogP contribution >= 0.6 is 22.7 Å². The Hall–Kier alpha value is -2.31. The minimum Gasteiger partial charge on any atom is -0.494 e. The summed E-state index contributed by atoms with van der Waals surface area (Å²) in [6, 6.07) is 13.8. The average Bonchev–Trinajstić information content (AvgIpc) is 3.42. The molecular formula is C22H23NO3S2. The predicted molar refractivity (Wildman–Crippen MR) is 114 cm³/mol. The molecule has 4 rings (SSSR count). The molecule has 0 aliphatic carbocycles. The van der Waals surface area contributed by atoms with Crippen molar-refractivity contribution >= 4 is 28.6 Å². The highest BCUT2D eigenvalue weighted by atomic mass is 32.1. The van der Waals surface area contributed by atoms with Gasteiger partial charge in [0.2, 0.25) is 0 Å². The predicted octanol–water partition coefficient (Wildman–Crippen LogP) is 5.15. The van der Waals surface area contributed by atoms with Crippen LogP contribution in [0.15, 0.2) is 53.2 Å². The third-order valence-electron chi connectivity index (χ3n) is 4.76. The van der Waals surface area contributed by atoms with Crippen molar-refractivity contribution < 1.29 is 14.3 Å². The Morgan fingerprint density at radius 2 is 1.86 bits per heavy atom. The number of nitrogens with zero attached hydrogens (tertiary/aromatic N) is 1. The van der Waals surface area contributed by atoms with Gasteiger partial charge in [-0.1, -0.05) is 13.0 Å². The minimum absolute atomic E-state index is 0.00378. The number of ether oxygens (including phenoxy) is 2. The van der Waals surface area contributed by atoms with Gasteiger partial charge in [-0.05, 0) is 65.6 Å². The summed E-state index contributed by atoms with van der Waals surface area (Å²) in [5, 5.41) is 4.19. The third kappa shape index (κ3) is 4.08. The second-order valence-corrected chi connectivity index (χ2v) is 8.64. The summed E-state index contributed by atoms with van der Waals surface area (Å²) in [6.07, 6.45) is 1.88. The number of thiophene rings is 2. The molecule has 28 heavy (non-hydrogen) atoms. The summed E-state index contributed by atoms with van der Waals surface area (Å²) in [7, 11) is 0. The van der Waals surface area contributed by atoms with Gasteiger partial charge in [-0.3, -0.25) is 4.79 Å². The lowest BCUT2D eigenvalue weighted by molar-refractivity contribution is -0.135. The number of rotatable bonds is 7. The van der Waals surface area contributed by atoms with Gasteiger partial charge in [-0.25, -0.2) is 0 Å². The van der Waals surface area contributed by atoms with Crippen molar-refractivity contribution in [2.75, 3.05) is 19.8 Å². The largest absolute Gasteiger partial charge is 0.494 e. The molecule has 2 aromatic heterocycles. The molecule has 0 radical (unpaired) electrons. The lowest BCUT2D eigenvalue weighted by atomic mass is 9.98. The first-order valence-corrected chi connectivity index (χ1v) is 11.3. The number of carbonyl (C=O) groups is 1. The first kappa shape index (κ1) is 19.0. The highest BCUT2D eigenvalue weighted by Crippen LogP contribution is 2.39. The summed E-state index contributed by atoms with van der Waals surface area (Å²) >= 11 is 3.48. The van der Waals surface area contributed by atoms with Crippen molar-refractivity contribution in [2.24, 2.45) is 0 Å². The lowest BCUT2D eigenvalue weighted by Gasteiger charge is -2.35. The molecule has 0 saturated carbocycles. The van der Waals surface area contributed by atoms with Crippen LogP contribution in [0.3, 0.4) is 0 Å². The van der Waals surface area contributed by atoms with E-state index in [0.29, 0.717) is 12.4 Å². The van der Waals surface area contributed by atoms with E-state index in [9.17, 15) is 4.79 Å². The highest BCUT2D eigenvalue weighted by Gasteiger charge is 2.33. The van der Waals surface area contributed by atoms with E-state index in [0.717, 1.165) is 25.1 Å². The van der Waals surface area contributed by atoms with Crippen LogP contribution in [0.25, 0.3) is 0 Å². The molecule has 4 nitrogen and oxygen atoms in total. The van der Waals surface area contributed by atoms with E-state index in [-0.39, 0.29) is 18.6 Å². The van der Waals surface area contributed by atoms with Gasteiger partial charge in [0.25, 0.3) is 5.91 Å². The highest BCUT2D eigenvalue weighted by molar-refractivity contribution is 7.10. The van der Waals surface area contributed by atoms with Crippen LogP contribution in [0.1, 0.15) is 34.7 Å². The van der Waals surface area contributed by atoms with E-state index < -0.39 is 0 Å². The number of carbonyl (C=O) groups excluding carboxylic acids is 1. The maximum atomic E-state index is 13.0. The van der Waals surface area contributed by atoms with Crippen molar-refractivity contribution in [3.8, 4) is 11.5 Å². The van der Waals surface area contributed by atoms with Gasteiger partial charge in [0, 0.05) is 16.3 Å². The van der Waals surface area contributed by atoms with Crippen LogP contribution in [-0.4, -0.2) is 30.6 Å². The summed E-state index contributed by atoms with van der Waals surface area (Å²) < 4.78 is 11.4. The van der Waals surface area contributed by atoms with Crippen LogP contribution in [0.2, 0.25) is 0 Å². The summed E-state index contributed by atoms with van der Waals surface area (Å²) in [5.74, 6) is 1.51. The van der Waals surface area contributed by atoms with Crippen molar-refractivity contribution in [1.29, 1.82) is 0 Å². The summed E-state index contributed by atoms with van der Waals surface area (Å²) in [6.45, 7) is 3.53. The van der Waals surface area contributed by atoms with E-state index in [1.54, 1.807) is 22.7 Å². The quantitative estimate of drug-likeness (QED) is 0.538. The molecule has 6 heteroatoms. The fourth-order valence-electron chi connectivity index (χ4n) is 3.42. The zero-order chi connectivity index (χ0) is 19.3. The lowest BCUT2D eigenvalue weighted by Crippen LogP contribution is -2.42. The first-order chi connectivity index (χ1) is 13.8. The minimum atomic E-state index is -0.00378. The second kappa shape index (κ2) is 8.80. The van der Waals surface area contributed by atoms with Gasteiger partial charge in [-0.2, -0.15) is 0 Å². The molecule has 0 spiro atoms. The maximum Gasteiger partial charge on any atom is 0.261 e. The maximum absolute atomic E-state index is 13.0. The van der Waals surface area contributed by atoms with E-state index in [1.807, 2.05) is 35.2 Å². The number of fused-ring (bicyclic) bond motifs is 1. The standard InChI is InChI=1S/C22H23NO3S2/c1-2-12-25-16-5-7-17(8-6-16)26-15-21(24)23-11-9-19-18(10-14-28-19)22(23)20-4-3-13-27-20/h3-8,10,13-14,22H,2,9,11-12,15H2,1H3.